The average molecular weight is 183 g/mol. The molecule has 1 heterocycles. The second-order valence-electron chi connectivity index (χ2n) is 3.33. The van der Waals surface area contributed by atoms with E-state index in [1.807, 2.05) is 0 Å². The SMILES string of the molecule is CCCC=CC1CCC(=S)N1C. The fourth-order valence-electron chi connectivity index (χ4n) is 1.47. The van der Waals surface area contributed by atoms with Gasteiger partial charge in [-0.2, -0.15) is 0 Å². The molecule has 1 atom stereocenters. The summed E-state index contributed by atoms with van der Waals surface area (Å²) in [5.41, 5.74) is 0. The van der Waals surface area contributed by atoms with Gasteiger partial charge in [0.15, 0.2) is 0 Å². The van der Waals surface area contributed by atoms with Crippen LogP contribution in [0.1, 0.15) is 32.6 Å². The zero-order valence-corrected chi connectivity index (χ0v) is 8.73. The van der Waals surface area contributed by atoms with E-state index in [9.17, 15) is 0 Å². The Hall–Kier alpha value is -0.370. The number of hydrogen-bond acceptors (Lipinski definition) is 1. The van der Waals surface area contributed by atoms with Gasteiger partial charge in [0.25, 0.3) is 0 Å². The number of thiocarbonyl (C=S) groups is 1. The molecule has 68 valence electrons. The highest BCUT2D eigenvalue weighted by Crippen LogP contribution is 2.18. The van der Waals surface area contributed by atoms with Crippen molar-refractivity contribution in [2.75, 3.05) is 7.05 Å². The molecular weight excluding hydrogens is 166 g/mol. The molecule has 0 bridgehead atoms. The van der Waals surface area contributed by atoms with Crippen LogP contribution < -0.4 is 0 Å². The fourth-order valence-corrected chi connectivity index (χ4v) is 1.72. The van der Waals surface area contributed by atoms with Crippen LogP contribution in [-0.4, -0.2) is 23.0 Å². The summed E-state index contributed by atoms with van der Waals surface area (Å²) in [5.74, 6) is 0. The molecule has 1 aliphatic heterocycles. The minimum absolute atomic E-state index is 0.573. The third-order valence-electron chi connectivity index (χ3n) is 2.36. The quantitative estimate of drug-likeness (QED) is 0.489. The number of rotatable bonds is 3. The van der Waals surface area contributed by atoms with E-state index in [4.69, 9.17) is 12.2 Å². The summed E-state index contributed by atoms with van der Waals surface area (Å²) in [4.78, 5) is 3.32. The van der Waals surface area contributed by atoms with Crippen molar-refractivity contribution >= 4 is 17.2 Å². The van der Waals surface area contributed by atoms with Crippen LogP contribution in [0.25, 0.3) is 0 Å². The molecular formula is C10H17NS. The van der Waals surface area contributed by atoms with Gasteiger partial charge >= 0.3 is 0 Å². The van der Waals surface area contributed by atoms with E-state index >= 15 is 0 Å². The Morgan fingerprint density at radius 2 is 2.42 bits per heavy atom. The molecule has 1 aliphatic rings. The summed E-state index contributed by atoms with van der Waals surface area (Å²) in [5, 5.41) is 0. The van der Waals surface area contributed by atoms with Crippen LogP contribution in [0.2, 0.25) is 0 Å². The number of hydrogen-bond donors (Lipinski definition) is 0. The smallest absolute Gasteiger partial charge is 0.0782 e. The molecule has 2 heteroatoms. The molecule has 0 N–H and O–H groups in total. The zero-order chi connectivity index (χ0) is 8.97. The van der Waals surface area contributed by atoms with Gasteiger partial charge in [-0.05, 0) is 12.8 Å². The van der Waals surface area contributed by atoms with Gasteiger partial charge in [0, 0.05) is 19.5 Å². The second-order valence-corrected chi connectivity index (χ2v) is 3.80. The van der Waals surface area contributed by atoms with Crippen molar-refractivity contribution in [1.29, 1.82) is 0 Å². The van der Waals surface area contributed by atoms with Crippen molar-refractivity contribution in [2.45, 2.75) is 38.6 Å². The van der Waals surface area contributed by atoms with Crippen LogP contribution >= 0.6 is 12.2 Å². The molecule has 1 unspecified atom stereocenters. The maximum Gasteiger partial charge on any atom is 0.0782 e. The van der Waals surface area contributed by atoms with Crippen LogP contribution in [-0.2, 0) is 0 Å². The van der Waals surface area contributed by atoms with Crippen LogP contribution in [0.15, 0.2) is 12.2 Å². The molecule has 0 radical (unpaired) electrons. The van der Waals surface area contributed by atoms with Crippen LogP contribution in [0.5, 0.6) is 0 Å². The maximum atomic E-state index is 5.19. The third kappa shape index (κ3) is 2.31. The topological polar surface area (TPSA) is 3.24 Å². The highest BCUT2D eigenvalue weighted by molar-refractivity contribution is 7.80. The first-order chi connectivity index (χ1) is 5.75. The first kappa shape index (κ1) is 9.72. The van der Waals surface area contributed by atoms with Crippen molar-refractivity contribution in [1.82, 2.24) is 4.90 Å². The molecule has 0 aromatic heterocycles. The van der Waals surface area contributed by atoms with Crippen molar-refractivity contribution in [3.05, 3.63) is 12.2 Å². The monoisotopic (exact) mass is 183 g/mol. The average Bonchev–Trinajstić information content (AvgIpc) is 2.36. The molecule has 0 aliphatic carbocycles. The number of allylic oxidation sites excluding steroid dienone is 1. The van der Waals surface area contributed by atoms with E-state index in [-0.39, 0.29) is 0 Å². The fraction of sp³-hybridized carbons (Fsp3) is 0.700. The summed E-state index contributed by atoms with van der Waals surface area (Å²) in [6.07, 6.45) is 9.29. The number of likely N-dealkylation sites (N-methyl/N-ethyl adjacent to an activating group) is 1. The molecule has 1 fully saturated rings. The van der Waals surface area contributed by atoms with Gasteiger partial charge in [-0.15, -0.1) is 0 Å². The molecule has 1 saturated heterocycles. The molecule has 0 saturated carbocycles. The van der Waals surface area contributed by atoms with E-state index in [1.165, 1.54) is 19.3 Å². The van der Waals surface area contributed by atoms with Crippen molar-refractivity contribution < 1.29 is 0 Å². The van der Waals surface area contributed by atoms with Gasteiger partial charge < -0.3 is 4.90 Å². The molecule has 1 nitrogen and oxygen atoms in total. The standard InChI is InChI=1S/C10H17NS/c1-3-4-5-6-9-7-8-10(12)11(9)2/h5-6,9H,3-4,7-8H2,1-2H3. The van der Waals surface area contributed by atoms with E-state index in [1.54, 1.807) is 0 Å². The van der Waals surface area contributed by atoms with Gasteiger partial charge in [0.05, 0.1) is 4.99 Å². The molecule has 0 amide bonds. The molecule has 0 aromatic carbocycles. The summed E-state index contributed by atoms with van der Waals surface area (Å²) in [6, 6.07) is 0.573. The molecule has 0 spiro atoms. The molecule has 0 aromatic rings. The van der Waals surface area contributed by atoms with Crippen LogP contribution in [0.4, 0.5) is 0 Å². The number of nitrogens with zero attached hydrogens (tertiary/aromatic N) is 1. The Kier molecular flexibility index (Phi) is 3.73. The highest BCUT2D eigenvalue weighted by atomic mass is 32.1. The predicted molar refractivity (Wildman–Crippen MR) is 57.4 cm³/mol. The van der Waals surface area contributed by atoms with Crippen LogP contribution in [0.3, 0.4) is 0 Å². The highest BCUT2D eigenvalue weighted by Gasteiger charge is 2.21. The zero-order valence-electron chi connectivity index (χ0n) is 7.92. The first-order valence-corrected chi connectivity index (χ1v) is 5.09. The lowest BCUT2D eigenvalue weighted by molar-refractivity contribution is 0.465. The van der Waals surface area contributed by atoms with Gasteiger partial charge in [0.2, 0.25) is 0 Å². The minimum atomic E-state index is 0.573. The lowest BCUT2D eigenvalue weighted by Crippen LogP contribution is -2.25. The normalized spacial score (nSPS) is 24.3. The summed E-state index contributed by atoms with van der Waals surface area (Å²) in [7, 11) is 2.09. The Morgan fingerprint density at radius 3 is 2.92 bits per heavy atom. The van der Waals surface area contributed by atoms with E-state index in [0.29, 0.717) is 6.04 Å². The largest absolute Gasteiger partial charge is 0.363 e. The van der Waals surface area contributed by atoms with Gasteiger partial charge in [-0.3, -0.25) is 0 Å². The van der Waals surface area contributed by atoms with E-state index in [2.05, 4.69) is 31.0 Å². The Balaban J connectivity index is 2.38. The lowest BCUT2D eigenvalue weighted by Gasteiger charge is -2.17. The molecule has 1 rings (SSSR count). The van der Waals surface area contributed by atoms with Crippen molar-refractivity contribution in [3.63, 3.8) is 0 Å². The minimum Gasteiger partial charge on any atom is -0.363 e. The van der Waals surface area contributed by atoms with Gasteiger partial charge in [-0.1, -0.05) is 37.7 Å². The number of unbranched alkanes of at least 4 members (excludes halogenated alkanes) is 1. The Morgan fingerprint density at radius 1 is 1.67 bits per heavy atom. The Labute approximate surface area is 80.4 Å². The van der Waals surface area contributed by atoms with Gasteiger partial charge in [0.1, 0.15) is 0 Å². The van der Waals surface area contributed by atoms with Crippen LogP contribution in [0, 0.1) is 0 Å². The van der Waals surface area contributed by atoms with Crippen molar-refractivity contribution in [2.24, 2.45) is 0 Å². The predicted octanol–water partition coefficient (Wildman–Crippen LogP) is 2.76. The van der Waals surface area contributed by atoms with Crippen molar-refractivity contribution in [3.8, 4) is 0 Å². The summed E-state index contributed by atoms with van der Waals surface area (Å²) < 4.78 is 0. The summed E-state index contributed by atoms with van der Waals surface area (Å²) in [6.45, 7) is 2.20. The van der Waals surface area contributed by atoms with E-state index < -0.39 is 0 Å². The number of likely N-dealkylation sites (tertiary alicyclic amines) is 1. The summed E-state index contributed by atoms with van der Waals surface area (Å²) >= 11 is 5.19. The maximum absolute atomic E-state index is 5.19. The lowest BCUT2D eigenvalue weighted by atomic mass is 10.2. The first-order valence-electron chi connectivity index (χ1n) is 4.68. The van der Waals surface area contributed by atoms with E-state index in [0.717, 1.165) is 11.4 Å². The molecule has 12 heavy (non-hydrogen) atoms. The Bertz CT molecular complexity index is 186. The van der Waals surface area contributed by atoms with Gasteiger partial charge in [-0.25, -0.2) is 0 Å². The second kappa shape index (κ2) is 4.61. The third-order valence-corrected chi connectivity index (χ3v) is 2.85.